The lowest BCUT2D eigenvalue weighted by atomic mass is 10.2. The van der Waals surface area contributed by atoms with E-state index >= 15 is 0 Å². The molecule has 1 aromatic rings. The number of aromatic nitrogens is 2. The van der Waals surface area contributed by atoms with Crippen LogP contribution in [0.3, 0.4) is 0 Å². The van der Waals surface area contributed by atoms with Crippen molar-refractivity contribution in [3.05, 3.63) is 22.1 Å². The molecule has 7 heteroatoms. The molecule has 2 heterocycles. The first kappa shape index (κ1) is 11.9. The van der Waals surface area contributed by atoms with E-state index in [2.05, 4.69) is 5.10 Å². The van der Waals surface area contributed by atoms with Gasteiger partial charge in [-0.3, -0.25) is 24.3 Å². The summed E-state index contributed by atoms with van der Waals surface area (Å²) in [4.78, 5) is 24.1. The average Bonchev–Trinajstić information content (AvgIpc) is 2.59. The van der Waals surface area contributed by atoms with Crippen molar-refractivity contribution < 1.29 is 9.53 Å². The van der Waals surface area contributed by atoms with Crippen molar-refractivity contribution in [1.82, 2.24) is 14.7 Å². The minimum atomic E-state index is -0.354. The Bertz CT molecular complexity index is 464. The van der Waals surface area contributed by atoms with Crippen LogP contribution < -0.4 is 11.3 Å². The summed E-state index contributed by atoms with van der Waals surface area (Å²) in [7, 11) is 1.65. The van der Waals surface area contributed by atoms with Crippen LogP contribution in [0.5, 0.6) is 0 Å². The van der Waals surface area contributed by atoms with Gasteiger partial charge in [0.2, 0.25) is 5.91 Å². The Balaban J connectivity index is 2.06. The first-order valence-corrected chi connectivity index (χ1v) is 5.44. The predicted octanol–water partition coefficient (Wildman–Crippen LogP) is -1.43. The summed E-state index contributed by atoms with van der Waals surface area (Å²) in [6, 6.07) is 1.51. The second kappa shape index (κ2) is 4.72. The molecule has 0 bridgehead atoms. The summed E-state index contributed by atoms with van der Waals surface area (Å²) >= 11 is 0. The van der Waals surface area contributed by atoms with Gasteiger partial charge in [0.25, 0.3) is 5.56 Å². The average molecular weight is 240 g/mol. The van der Waals surface area contributed by atoms with Crippen LogP contribution in [0.4, 0.5) is 0 Å². The molecule has 0 saturated carbocycles. The maximum atomic E-state index is 11.3. The van der Waals surface area contributed by atoms with E-state index in [1.165, 1.54) is 10.7 Å². The van der Waals surface area contributed by atoms with Crippen LogP contribution in [0.1, 0.15) is 11.8 Å². The number of rotatable bonds is 3. The molecular formula is C10H16N4O3. The van der Waals surface area contributed by atoms with Gasteiger partial charge < -0.3 is 10.5 Å². The van der Waals surface area contributed by atoms with E-state index in [0.29, 0.717) is 19.7 Å². The Kier molecular flexibility index (Phi) is 3.30. The lowest BCUT2D eigenvalue weighted by Gasteiger charge is -2.31. The number of ether oxygens (including phenoxy) is 1. The zero-order chi connectivity index (χ0) is 12.4. The van der Waals surface area contributed by atoms with Gasteiger partial charge in [0, 0.05) is 26.2 Å². The minimum Gasteiger partial charge on any atom is -0.369 e. The van der Waals surface area contributed by atoms with E-state index in [1.54, 1.807) is 7.05 Å². The number of nitrogens with zero attached hydrogens (tertiary/aromatic N) is 2. The van der Waals surface area contributed by atoms with Crippen LogP contribution in [-0.4, -0.2) is 46.8 Å². The van der Waals surface area contributed by atoms with Crippen molar-refractivity contribution >= 4 is 5.91 Å². The number of primary amides is 1. The second-order valence-corrected chi connectivity index (χ2v) is 4.17. The third-order valence-electron chi connectivity index (χ3n) is 2.78. The summed E-state index contributed by atoms with van der Waals surface area (Å²) in [5.41, 5.74) is 5.78. The quantitative estimate of drug-likeness (QED) is 0.677. The highest BCUT2D eigenvalue weighted by Gasteiger charge is 2.24. The van der Waals surface area contributed by atoms with E-state index < -0.39 is 0 Å². The van der Waals surface area contributed by atoms with Gasteiger partial charge in [0.1, 0.15) is 6.10 Å². The minimum absolute atomic E-state index is 0.101. The van der Waals surface area contributed by atoms with Crippen LogP contribution >= 0.6 is 0 Å². The van der Waals surface area contributed by atoms with Gasteiger partial charge in [-0.05, 0) is 0 Å². The first-order chi connectivity index (χ1) is 8.06. The number of carbonyl (C=O) groups is 1. The number of hydrogen-bond acceptors (Lipinski definition) is 4. The van der Waals surface area contributed by atoms with E-state index in [9.17, 15) is 9.59 Å². The standard InChI is InChI=1S/C10H16N4O3/c1-13-10(16)4-7(12-13)8-5-14(2-3-17-8)6-9(11)15/h4,8,12H,2-3,5-6H2,1H3,(H2,11,15)/t8-/m1/s1. The molecule has 0 aromatic carbocycles. The fourth-order valence-electron chi connectivity index (χ4n) is 1.93. The van der Waals surface area contributed by atoms with Crippen molar-refractivity contribution in [3.8, 4) is 0 Å². The summed E-state index contributed by atoms with van der Waals surface area (Å²) in [5.74, 6) is -0.354. The number of amides is 1. The fourth-order valence-corrected chi connectivity index (χ4v) is 1.93. The van der Waals surface area contributed by atoms with Crippen LogP contribution in [0, 0.1) is 0 Å². The molecule has 94 valence electrons. The number of aryl methyl sites for hydroxylation is 1. The molecule has 0 spiro atoms. The molecule has 17 heavy (non-hydrogen) atoms. The highest BCUT2D eigenvalue weighted by atomic mass is 16.5. The van der Waals surface area contributed by atoms with Crippen molar-refractivity contribution in [2.24, 2.45) is 12.8 Å². The third kappa shape index (κ3) is 2.75. The Morgan fingerprint density at radius 3 is 3.06 bits per heavy atom. The molecule has 0 radical (unpaired) electrons. The maximum absolute atomic E-state index is 11.3. The summed E-state index contributed by atoms with van der Waals surface area (Å²) in [6.45, 7) is 1.98. The van der Waals surface area contributed by atoms with Gasteiger partial charge in [0.15, 0.2) is 0 Å². The molecule has 2 rings (SSSR count). The molecule has 1 aliphatic rings. The van der Waals surface area contributed by atoms with E-state index in [4.69, 9.17) is 10.5 Å². The van der Waals surface area contributed by atoms with Gasteiger partial charge in [0.05, 0.1) is 18.8 Å². The number of nitrogens with one attached hydrogen (secondary N) is 1. The van der Waals surface area contributed by atoms with Crippen molar-refractivity contribution in [1.29, 1.82) is 0 Å². The summed E-state index contributed by atoms with van der Waals surface area (Å²) in [5, 5.41) is 2.92. The zero-order valence-corrected chi connectivity index (χ0v) is 9.68. The molecule has 0 aliphatic carbocycles. The Labute approximate surface area is 98.1 Å². The topological polar surface area (TPSA) is 93.4 Å². The van der Waals surface area contributed by atoms with Gasteiger partial charge in [-0.25, -0.2) is 0 Å². The van der Waals surface area contributed by atoms with Crippen LogP contribution in [-0.2, 0) is 16.6 Å². The lowest BCUT2D eigenvalue weighted by Crippen LogP contribution is -2.43. The van der Waals surface area contributed by atoms with Crippen LogP contribution in [0.2, 0.25) is 0 Å². The smallest absolute Gasteiger partial charge is 0.266 e. The lowest BCUT2D eigenvalue weighted by molar-refractivity contribution is -0.121. The molecule has 1 amide bonds. The number of hydrogen-bond donors (Lipinski definition) is 2. The fraction of sp³-hybridized carbons (Fsp3) is 0.600. The van der Waals surface area contributed by atoms with Crippen LogP contribution in [0.15, 0.2) is 10.9 Å². The number of aromatic amines is 1. The molecule has 7 nitrogen and oxygen atoms in total. The molecule has 3 N–H and O–H groups in total. The molecule has 1 aromatic heterocycles. The normalized spacial score (nSPS) is 21.6. The van der Waals surface area contributed by atoms with Gasteiger partial charge in [-0.15, -0.1) is 0 Å². The monoisotopic (exact) mass is 240 g/mol. The number of morpholine rings is 1. The molecule has 1 fully saturated rings. The number of H-pyrrole nitrogens is 1. The predicted molar refractivity (Wildman–Crippen MR) is 60.4 cm³/mol. The summed E-state index contributed by atoms with van der Waals surface area (Å²) < 4.78 is 6.96. The van der Waals surface area contributed by atoms with Gasteiger partial charge in [-0.1, -0.05) is 0 Å². The number of carbonyl (C=O) groups excluding carboxylic acids is 1. The molecule has 1 saturated heterocycles. The first-order valence-electron chi connectivity index (χ1n) is 5.44. The summed E-state index contributed by atoms with van der Waals surface area (Å²) in [6.07, 6.45) is -0.211. The number of nitrogens with two attached hydrogens (primary N) is 1. The largest absolute Gasteiger partial charge is 0.369 e. The van der Waals surface area contributed by atoms with Crippen molar-refractivity contribution in [2.75, 3.05) is 26.2 Å². The van der Waals surface area contributed by atoms with Crippen molar-refractivity contribution in [2.45, 2.75) is 6.10 Å². The van der Waals surface area contributed by atoms with Gasteiger partial charge >= 0.3 is 0 Å². The van der Waals surface area contributed by atoms with E-state index in [0.717, 1.165) is 5.69 Å². The Hall–Kier alpha value is -1.60. The SMILES string of the molecule is Cn1[nH]c([C@H]2CN(CC(N)=O)CCO2)cc1=O. The Morgan fingerprint density at radius 2 is 2.47 bits per heavy atom. The third-order valence-corrected chi connectivity index (χ3v) is 2.78. The van der Waals surface area contributed by atoms with E-state index in [-0.39, 0.29) is 24.1 Å². The van der Waals surface area contributed by atoms with E-state index in [1.807, 2.05) is 4.90 Å². The molecule has 1 atom stereocenters. The molecule has 1 aliphatic heterocycles. The van der Waals surface area contributed by atoms with Crippen molar-refractivity contribution in [3.63, 3.8) is 0 Å². The zero-order valence-electron chi connectivity index (χ0n) is 9.68. The highest BCUT2D eigenvalue weighted by molar-refractivity contribution is 5.75. The maximum Gasteiger partial charge on any atom is 0.266 e. The highest BCUT2D eigenvalue weighted by Crippen LogP contribution is 2.18. The van der Waals surface area contributed by atoms with Crippen LogP contribution in [0.25, 0.3) is 0 Å². The molecule has 0 unspecified atom stereocenters. The van der Waals surface area contributed by atoms with Gasteiger partial charge in [-0.2, -0.15) is 0 Å². The molecular weight excluding hydrogens is 224 g/mol. The Morgan fingerprint density at radius 1 is 1.71 bits per heavy atom. The second-order valence-electron chi connectivity index (χ2n) is 4.17.